The van der Waals surface area contributed by atoms with E-state index in [1.807, 2.05) is 6.92 Å². The van der Waals surface area contributed by atoms with E-state index in [9.17, 15) is 9.18 Å². The summed E-state index contributed by atoms with van der Waals surface area (Å²) < 4.78 is 18.8. The monoisotopic (exact) mass is 264 g/mol. The van der Waals surface area contributed by atoms with Crippen molar-refractivity contribution in [1.82, 2.24) is 5.32 Å². The fraction of sp³-hybridized carbons (Fsp3) is 0.357. The average molecular weight is 264 g/mol. The summed E-state index contributed by atoms with van der Waals surface area (Å²) >= 11 is 0. The molecule has 0 radical (unpaired) electrons. The number of furan rings is 1. The zero-order chi connectivity index (χ0) is 14.0. The van der Waals surface area contributed by atoms with Gasteiger partial charge in [-0.25, -0.2) is 4.39 Å². The number of carbonyl (C=O) groups excluding carboxylic acids is 1. The SMILES string of the molecule is Cc1c(CNC(=O)CC(C)N)oc2ccc(F)cc12. The molecule has 0 aliphatic carbocycles. The van der Waals surface area contributed by atoms with Crippen molar-refractivity contribution in [2.45, 2.75) is 32.9 Å². The second-order valence-corrected chi connectivity index (χ2v) is 4.75. The highest BCUT2D eigenvalue weighted by atomic mass is 19.1. The largest absolute Gasteiger partial charge is 0.459 e. The molecule has 102 valence electrons. The lowest BCUT2D eigenvalue weighted by atomic mass is 10.1. The molecule has 1 aromatic heterocycles. The van der Waals surface area contributed by atoms with Gasteiger partial charge in [0.15, 0.2) is 0 Å². The lowest BCUT2D eigenvalue weighted by Crippen LogP contribution is -2.29. The molecule has 19 heavy (non-hydrogen) atoms. The number of fused-ring (bicyclic) bond motifs is 1. The minimum atomic E-state index is -0.302. The van der Waals surface area contributed by atoms with E-state index >= 15 is 0 Å². The van der Waals surface area contributed by atoms with Crippen LogP contribution in [0.25, 0.3) is 11.0 Å². The molecule has 1 heterocycles. The highest BCUT2D eigenvalue weighted by Gasteiger charge is 2.12. The van der Waals surface area contributed by atoms with Crippen molar-refractivity contribution in [2.24, 2.45) is 5.73 Å². The summed E-state index contributed by atoms with van der Waals surface area (Å²) in [4.78, 5) is 11.5. The Balaban J connectivity index is 2.13. The minimum Gasteiger partial charge on any atom is -0.459 e. The number of nitrogens with two attached hydrogens (primary N) is 1. The summed E-state index contributed by atoms with van der Waals surface area (Å²) in [6, 6.07) is 4.20. The minimum absolute atomic E-state index is 0.124. The van der Waals surface area contributed by atoms with Gasteiger partial charge in [0.25, 0.3) is 0 Å². The molecule has 0 aliphatic heterocycles. The number of rotatable bonds is 4. The van der Waals surface area contributed by atoms with Crippen LogP contribution < -0.4 is 11.1 Å². The third-order valence-electron chi connectivity index (χ3n) is 2.95. The van der Waals surface area contributed by atoms with E-state index in [0.29, 0.717) is 11.3 Å². The Labute approximate surface area is 110 Å². The van der Waals surface area contributed by atoms with E-state index in [2.05, 4.69) is 5.32 Å². The highest BCUT2D eigenvalue weighted by Crippen LogP contribution is 2.25. The number of benzene rings is 1. The second kappa shape index (κ2) is 5.40. The van der Waals surface area contributed by atoms with Crippen LogP contribution in [0.4, 0.5) is 4.39 Å². The van der Waals surface area contributed by atoms with Crippen molar-refractivity contribution < 1.29 is 13.6 Å². The Morgan fingerprint density at radius 2 is 2.26 bits per heavy atom. The molecule has 1 unspecified atom stereocenters. The van der Waals surface area contributed by atoms with Crippen molar-refractivity contribution >= 4 is 16.9 Å². The zero-order valence-corrected chi connectivity index (χ0v) is 11.0. The first-order valence-corrected chi connectivity index (χ1v) is 6.17. The third-order valence-corrected chi connectivity index (χ3v) is 2.95. The average Bonchev–Trinajstić information content (AvgIpc) is 2.63. The zero-order valence-electron chi connectivity index (χ0n) is 11.0. The van der Waals surface area contributed by atoms with E-state index in [4.69, 9.17) is 10.2 Å². The van der Waals surface area contributed by atoms with Gasteiger partial charge in [-0.3, -0.25) is 4.79 Å². The molecule has 3 N–H and O–H groups in total. The quantitative estimate of drug-likeness (QED) is 0.889. The highest BCUT2D eigenvalue weighted by molar-refractivity contribution is 5.82. The lowest BCUT2D eigenvalue weighted by Gasteiger charge is -2.06. The van der Waals surface area contributed by atoms with Crippen LogP contribution in [0.1, 0.15) is 24.7 Å². The fourth-order valence-corrected chi connectivity index (χ4v) is 1.96. The Morgan fingerprint density at radius 1 is 1.53 bits per heavy atom. The molecule has 0 aliphatic rings. The standard InChI is InChI=1S/C14H17FN2O2/c1-8(16)5-14(18)17-7-13-9(2)11-6-10(15)3-4-12(11)19-13/h3-4,6,8H,5,7,16H2,1-2H3,(H,17,18). The summed E-state index contributed by atoms with van der Waals surface area (Å²) in [7, 11) is 0. The van der Waals surface area contributed by atoms with Gasteiger partial charge < -0.3 is 15.5 Å². The van der Waals surface area contributed by atoms with Gasteiger partial charge in [-0.05, 0) is 32.0 Å². The van der Waals surface area contributed by atoms with Crippen LogP contribution in [0.15, 0.2) is 22.6 Å². The fourth-order valence-electron chi connectivity index (χ4n) is 1.96. The van der Waals surface area contributed by atoms with Crippen LogP contribution in [0.2, 0.25) is 0 Å². The van der Waals surface area contributed by atoms with E-state index < -0.39 is 0 Å². The molecule has 0 bridgehead atoms. The number of halogens is 1. The van der Waals surface area contributed by atoms with Crippen LogP contribution in [0.3, 0.4) is 0 Å². The normalized spacial score (nSPS) is 12.6. The van der Waals surface area contributed by atoms with Gasteiger partial charge in [0.2, 0.25) is 5.91 Å². The Bertz CT molecular complexity index is 605. The molecule has 0 fully saturated rings. The lowest BCUT2D eigenvalue weighted by molar-refractivity contribution is -0.121. The molecule has 0 spiro atoms. The van der Waals surface area contributed by atoms with Crippen molar-refractivity contribution in [3.63, 3.8) is 0 Å². The predicted octanol–water partition coefficient (Wildman–Crippen LogP) is 2.23. The van der Waals surface area contributed by atoms with Crippen LogP contribution >= 0.6 is 0 Å². The maximum atomic E-state index is 13.2. The van der Waals surface area contributed by atoms with Gasteiger partial charge >= 0.3 is 0 Å². The van der Waals surface area contributed by atoms with Gasteiger partial charge in [0, 0.05) is 23.4 Å². The van der Waals surface area contributed by atoms with Gasteiger partial charge in [-0.2, -0.15) is 0 Å². The molecule has 0 saturated carbocycles. The molecular formula is C14H17FN2O2. The molecule has 1 atom stereocenters. The number of nitrogens with one attached hydrogen (secondary N) is 1. The first-order chi connectivity index (χ1) is 8.97. The smallest absolute Gasteiger partial charge is 0.221 e. The first-order valence-electron chi connectivity index (χ1n) is 6.17. The van der Waals surface area contributed by atoms with Crippen LogP contribution in [-0.4, -0.2) is 11.9 Å². The van der Waals surface area contributed by atoms with Gasteiger partial charge in [-0.1, -0.05) is 0 Å². The number of carbonyl (C=O) groups is 1. The molecule has 2 aromatic rings. The van der Waals surface area contributed by atoms with Crippen molar-refractivity contribution in [3.8, 4) is 0 Å². The van der Waals surface area contributed by atoms with E-state index in [1.165, 1.54) is 12.1 Å². The van der Waals surface area contributed by atoms with Crippen LogP contribution in [0, 0.1) is 12.7 Å². The van der Waals surface area contributed by atoms with Crippen LogP contribution in [-0.2, 0) is 11.3 Å². The second-order valence-electron chi connectivity index (χ2n) is 4.75. The van der Waals surface area contributed by atoms with Crippen molar-refractivity contribution in [2.75, 3.05) is 0 Å². The van der Waals surface area contributed by atoms with Crippen molar-refractivity contribution in [3.05, 3.63) is 35.3 Å². The van der Waals surface area contributed by atoms with E-state index in [1.54, 1.807) is 13.0 Å². The van der Waals surface area contributed by atoms with Crippen LogP contribution in [0.5, 0.6) is 0 Å². The summed E-state index contributed by atoms with van der Waals surface area (Å²) in [5.41, 5.74) is 7.01. The molecule has 5 heteroatoms. The maximum absolute atomic E-state index is 13.2. The van der Waals surface area contributed by atoms with Crippen molar-refractivity contribution in [1.29, 1.82) is 0 Å². The molecule has 4 nitrogen and oxygen atoms in total. The number of hydrogen-bond acceptors (Lipinski definition) is 3. The molecule has 0 saturated heterocycles. The molecular weight excluding hydrogens is 247 g/mol. The first kappa shape index (κ1) is 13.5. The Kier molecular flexibility index (Phi) is 3.85. The maximum Gasteiger partial charge on any atom is 0.221 e. The predicted molar refractivity (Wildman–Crippen MR) is 71.0 cm³/mol. The third kappa shape index (κ3) is 3.12. The van der Waals surface area contributed by atoms with Gasteiger partial charge in [-0.15, -0.1) is 0 Å². The molecule has 1 aromatic carbocycles. The Hall–Kier alpha value is -1.88. The Morgan fingerprint density at radius 3 is 2.95 bits per heavy atom. The van der Waals surface area contributed by atoms with Gasteiger partial charge in [0.1, 0.15) is 17.2 Å². The topological polar surface area (TPSA) is 68.3 Å². The van der Waals surface area contributed by atoms with Gasteiger partial charge in [0.05, 0.1) is 6.54 Å². The summed E-state index contributed by atoms with van der Waals surface area (Å²) in [6.07, 6.45) is 0.272. The number of aryl methyl sites for hydroxylation is 1. The van der Waals surface area contributed by atoms with E-state index in [-0.39, 0.29) is 30.7 Å². The number of amides is 1. The van der Waals surface area contributed by atoms with E-state index in [0.717, 1.165) is 10.9 Å². The molecule has 1 amide bonds. The summed E-state index contributed by atoms with van der Waals surface area (Å²) in [5, 5.41) is 3.47. The summed E-state index contributed by atoms with van der Waals surface area (Å²) in [5.74, 6) is 0.212. The summed E-state index contributed by atoms with van der Waals surface area (Å²) in [6.45, 7) is 3.90. The molecule has 2 rings (SSSR count). The number of hydrogen-bond donors (Lipinski definition) is 2.